The van der Waals surface area contributed by atoms with E-state index in [0.717, 1.165) is 32.5 Å². The SMILES string of the molecule is COc1ccc(OC(F)F)c(NCC2CCN(C)CC2)c1. The maximum Gasteiger partial charge on any atom is 0.387 e. The number of benzene rings is 1. The minimum absolute atomic E-state index is 0.152. The van der Waals surface area contributed by atoms with Crippen molar-refractivity contribution < 1.29 is 18.3 Å². The van der Waals surface area contributed by atoms with Crippen LogP contribution in [-0.4, -0.2) is 45.3 Å². The lowest BCUT2D eigenvalue weighted by atomic mass is 9.97. The van der Waals surface area contributed by atoms with Crippen LogP contribution in [0.25, 0.3) is 0 Å². The molecule has 0 bridgehead atoms. The fourth-order valence-electron chi connectivity index (χ4n) is 2.49. The molecule has 118 valence electrons. The predicted molar refractivity (Wildman–Crippen MR) is 78.3 cm³/mol. The van der Waals surface area contributed by atoms with E-state index in [2.05, 4.69) is 22.0 Å². The lowest BCUT2D eigenvalue weighted by Gasteiger charge is -2.29. The number of nitrogens with one attached hydrogen (secondary N) is 1. The van der Waals surface area contributed by atoms with Crippen LogP contribution in [0.5, 0.6) is 11.5 Å². The molecule has 0 saturated carbocycles. The molecule has 1 aromatic carbocycles. The number of hydrogen-bond acceptors (Lipinski definition) is 4. The first-order valence-electron chi connectivity index (χ1n) is 7.13. The van der Waals surface area contributed by atoms with Crippen molar-refractivity contribution in [1.82, 2.24) is 4.90 Å². The van der Waals surface area contributed by atoms with Gasteiger partial charge >= 0.3 is 6.61 Å². The van der Waals surface area contributed by atoms with E-state index >= 15 is 0 Å². The van der Waals surface area contributed by atoms with Crippen molar-refractivity contribution in [2.24, 2.45) is 5.92 Å². The van der Waals surface area contributed by atoms with Crippen molar-refractivity contribution in [3.63, 3.8) is 0 Å². The average molecular weight is 300 g/mol. The van der Waals surface area contributed by atoms with E-state index in [0.29, 0.717) is 17.4 Å². The Morgan fingerprint density at radius 2 is 2.05 bits per heavy atom. The third kappa shape index (κ3) is 4.74. The summed E-state index contributed by atoms with van der Waals surface area (Å²) in [5.74, 6) is 1.31. The van der Waals surface area contributed by atoms with Gasteiger partial charge in [0.15, 0.2) is 0 Å². The van der Waals surface area contributed by atoms with Crippen LogP contribution >= 0.6 is 0 Å². The van der Waals surface area contributed by atoms with E-state index in [-0.39, 0.29) is 5.75 Å². The van der Waals surface area contributed by atoms with Crippen molar-refractivity contribution in [2.75, 3.05) is 39.1 Å². The Labute approximate surface area is 124 Å². The molecular weight excluding hydrogens is 278 g/mol. The highest BCUT2D eigenvalue weighted by Crippen LogP contribution is 2.31. The van der Waals surface area contributed by atoms with E-state index < -0.39 is 6.61 Å². The predicted octanol–water partition coefficient (Wildman–Crippen LogP) is 3.05. The van der Waals surface area contributed by atoms with Gasteiger partial charge in [0.2, 0.25) is 0 Å². The van der Waals surface area contributed by atoms with E-state index in [4.69, 9.17) is 4.74 Å². The van der Waals surface area contributed by atoms with E-state index in [1.807, 2.05) is 0 Å². The molecule has 0 aromatic heterocycles. The molecule has 1 aliphatic rings. The van der Waals surface area contributed by atoms with Crippen LogP contribution in [0.4, 0.5) is 14.5 Å². The van der Waals surface area contributed by atoms with Gasteiger partial charge in [0.25, 0.3) is 0 Å². The molecule has 0 aliphatic carbocycles. The maximum absolute atomic E-state index is 12.4. The molecule has 4 nitrogen and oxygen atoms in total. The number of ether oxygens (including phenoxy) is 2. The second kappa shape index (κ2) is 7.45. The first-order chi connectivity index (χ1) is 10.1. The van der Waals surface area contributed by atoms with Crippen LogP contribution in [0.2, 0.25) is 0 Å². The quantitative estimate of drug-likeness (QED) is 0.875. The van der Waals surface area contributed by atoms with Crippen LogP contribution in [0, 0.1) is 5.92 Å². The zero-order valence-corrected chi connectivity index (χ0v) is 12.4. The smallest absolute Gasteiger partial charge is 0.387 e. The van der Waals surface area contributed by atoms with Crippen LogP contribution in [0.15, 0.2) is 18.2 Å². The molecule has 2 rings (SSSR count). The van der Waals surface area contributed by atoms with Gasteiger partial charge in [-0.1, -0.05) is 0 Å². The van der Waals surface area contributed by atoms with Crippen LogP contribution < -0.4 is 14.8 Å². The van der Waals surface area contributed by atoms with Gasteiger partial charge in [-0.15, -0.1) is 0 Å². The first kappa shape index (κ1) is 15.8. The Kier molecular flexibility index (Phi) is 5.61. The highest BCUT2D eigenvalue weighted by Gasteiger charge is 2.17. The lowest BCUT2D eigenvalue weighted by Crippen LogP contribution is -2.33. The van der Waals surface area contributed by atoms with Crippen LogP contribution in [0.1, 0.15) is 12.8 Å². The highest BCUT2D eigenvalue weighted by atomic mass is 19.3. The highest BCUT2D eigenvalue weighted by molar-refractivity contribution is 5.59. The molecule has 1 fully saturated rings. The minimum atomic E-state index is -2.83. The van der Waals surface area contributed by atoms with Crippen molar-refractivity contribution in [1.29, 1.82) is 0 Å². The Balaban J connectivity index is 1.99. The fraction of sp³-hybridized carbons (Fsp3) is 0.600. The molecule has 1 aliphatic heterocycles. The summed E-state index contributed by atoms with van der Waals surface area (Å²) >= 11 is 0. The molecule has 0 atom stereocenters. The van der Waals surface area contributed by atoms with Crippen molar-refractivity contribution in [3.05, 3.63) is 18.2 Å². The molecule has 0 radical (unpaired) electrons. The zero-order chi connectivity index (χ0) is 15.2. The largest absolute Gasteiger partial charge is 0.497 e. The van der Waals surface area contributed by atoms with Crippen molar-refractivity contribution >= 4 is 5.69 Å². The maximum atomic E-state index is 12.4. The molecule has 6 heteroatoms. The van der Waals surface area contributed by atoms with Crippen molar-refractivity contribution in [2.45, 2.75) is 19.5 Å². The van der Waals surface area contributed by atoms with Gasteiger partial charge in [-0.2, -0.15) is 8.78 Å². The second-order valence-corrected chi connectivity index (χ2v) is 5.37. The Hall–Kier alpha value is -1.56. The van der Waals surface area contributed by atoms with Gasteiger partial charge in [0.1, 0.15) is 11.5 Å². The molecule has 1 N–H and O–H groups in total. The number of anilines is 1. The number of rotatable bonds is 6. The average Bonchev–Trinajstić information content (AvgIpc) is 2.47. The summed E-state index contributed by atoms with van der Waals surface area (Å²) in [4.78, 5) is 2.30. The molecular formula is C15H22F2N2O2. The molecule has 0 amide bonds. The van der Waals surface area contributed by atoms with Gasteiger partial charge < -0.3 is 19.7 Å². The third-order valence-corrected chi connectivity index (χ3v) is 3.82. The molecule has 1 saturated heterocycles. The molecule has 0 unspecified atom stereocenters. The molecule has 0 spiro atoms. The van der Waals surface area contributed by atoms with Gasteiger partial charge in [0.05, 0.1) is 12.8 Å². The number of alkyl halides is 2. The summed E-state index contributed by atoms with van der Waals surface area (Å²) in [6, 6.07) is 4.80. The van der Waals surface area contributed by atoms with Crippen molar-refractivity contribution in [3.8, 4) is 11.5 Å². The Bertz CT molecular complexity index is 449. The molecule has 21 heavy (non-hydrogen) atoms. The fourth-order valence-corrected chi connectivity index (χ4v) is 2.49. The summed E-state index contributed by atoms with van der Waals surface area (Å²) in [6.45, 7) is 0.0679. The Morgan fingerprint density at radius 1 is 1.33 bits per heavy atom. The minimum Gasteiger partial charge on any atom is -0.497 e. The van der Waals surface area contributed by atoms with Gasteiger partial charge in [0, 0.05) is 12.6 Å². The first-order valence-corrected chi connectivity index (χ1v) is 7.13. The number of methoxy groups -OCH3 is 1. The monoisotopic (exact) mass is 300 g/mol. The van der Waals surface area contributed by atoms with Crippen LogP contribution in [0.3, 0.4) is 0 Å². The van der Waals surface area contributed by atoms with Crippen LogP contribution in [-0.2, 0) is 0 Å². The zero-order valence-electron chi connectivity index (χ0n) is 12.4. The Morgan fingerprint density at radius 3 is 2.67 bits per heavy atom. The van der Waals surface area contributed by atoms with E-state index in [1.54, 1.807) is 19.2 Å². The number of likely N-dealkylation sites (tertiary alicyclic amines) is 1. The standard InChI is InChI=1S/C15H22F2N2O2/c1-19-7-5-11(6-8-19)10-18-13-9-12(20-2)3-4-14(13)21-15(16)17/h3-4,9,11,15,18H,5-8,10H2,1-2H3. The normalized spacial score (nSPS) is 17.0. The molecule has 1 aromatic rings. The summed E-state index contributed by atoms with van der Waals surface area (Å²) in [5, 5.41) is 3.22. The summed E-state index contributed by atoms with van der Waals surface area (Å²) < 4.78 is 34.5. The number of nitrogens with zero attached hydrogens (tertiary/aromatic N) is 1. The van der Waals surface area contributed by atoms with E-state index in [9.17, 15) is 8.78 Å². The molecule has 1 heterocycles. The topological polar surface area (TPSA) is 33.7 Å². The van der Waals surface area contributed by atoms with Gasteiger partial charge in [-0.25, -0.2) is 0 Å². The number of hydrogen-bond donors (Lipinski definition) is 1. The third-order valence-electron chi connectivity index (χ3n) is 3.82. The summed E-state index contributed by atoms with van der Waals surface area (Å²) in [6.07, 6.45) is 2.22. The van der Waals surface area contributed by atoms with Gasteiger partial charge in [-0.3, -0.25) is 0 Å². The summed E-state index contributed by atoms with van der Waals surface area (Å²) in [5.41, 5.74) is 0.550. The van der Waals surface area contributed by atoms with Gasteiger partial charge in [-0.05, 0) is 51.0 Å². The number of halogens is 2. The number of piperidine rings is 1. The second-order valence-electron chi connectivity index (χ2n) is 5.37. The van der Waals surface area contributed by atoms with E-state index in [1.165, 1.54) is 6.07 Å². The summed E-state index contributed by atoms with van der Waals surface area (Å²) in [7, 11) is 3.66. The lowest BCUT2D eigenvalue weighted by molar-refractivity contribution is -0.0494.